The van der Waals surface area contributed by atoms with E-state index in [1.54, 1.807) is 6.92 Å². The van der Waals surface area contributed by atoms with E-state index in [2.05, 4.69) is 41.5 Å². The van der Waals surface area contributed by atoms with Crippen molar-refractivity contribution in [1.82, 2.24) is 0 Å². The van der Waals surface area contributed by atoms with E-state index < -0.39 is 228 Å². The molecule has 0 aromatic heterocycles. The molecule has 25 atom stereocenters. The van der Waals surface area contributed by atoms with Crippen LogP contribution in [0.2, 0.25) is 10.1 Å². The molecule has 2 bridgehead atoms. The molecule has 11 rings (SSSR count). The minimum Gasteiger partial charge on any atom is -0.467 e. The molecular weight excluding hydrogens is 1560 g/mol. The number of carbonyl (C=O) groups is 6. The molecule has 1 aliphatic carbocycles. The molecule has 10 unspecified atom stereocenters. The van der Waals surface area contributed by atoms with Gasteiger partial charge in [0.1, 0.15) is 79.4 Å². The highest BCUT2D eigenvalue weighted by molar-refractivity contribution is 7.00. The zero-order valence-corrected chi connectivity index (χ0v) is 72.7. The molecule has 6 heterocycles. The third-order valence-electron chi connectivity index (χ3n) is 23.1. The van der Waals surface area contributed by atoms with Crippen molar-refractivity contribution in [1.29, 1.82) is 0 Å². The van der Waals surface area contributed by atoms with Gasteiger partial charge in [-0.15, -0.1) is 0 Å². The van der Waals surface area contributed by atoms with Gasteiger partial charge in [0.15, 0.2) is 49.1 Å². The van der Waals surface area contributed by atoms with Crippen LogP contribution in [0.3, 0.4) is 0 Å². The smallest absolute Gasteiger partial charge is 0.343 e. The van der Waals surface area contributed by atoms with Gasteiger partial charge in [0, 0.05) is 90.5 Å². The summed E-state index contributed by atoms with van der Waals surface area (Å²) in [4.78, 5) is 84.3. The molecule has 0 amide bonds. The van der Waals surface area contributed by atoms with Gasteiger partial charge in [-0.25, -0.2) is 9.59 Å². The van der Waals surface area contributed by atoms with Gasteiger partial charge in [-0.1, -0.05) is 170 Å². The maximum absolute atomic E-state index is 15.3. The number of hydrogen-bond acceptors (Lipinski definition) is 31. The van der Waals surface area contributed by atoms with Gasteiger partial charge in [-0.05, 0) is 43.7 Å². The van der Waals surface area contributed by atoms with Crippen molar-refractivity contribution in [2.45, 2.75) is 245 Å². The van der Waals surface area contributed by atoms with Gasteiger partial charge in [-0.3, -0.25) is 19.2 Å². The Balaban J connectivity index is 1.08. The Kier molecular flexibility index (Phi) is 31.6. The lowest BCUT2D eigenvalue weighted by molar-refractivity contribution is -0.430. The van der Waals surface area contributed by atoms with E-state index in [4.69, 9.17) is 118 Å². The van der Waals surface area contributed by atoms with E-state index in [9.17, 15) is 19.2 Å². The number of fused-ring (bicyclic) bond motifs is 3. The predicted octanol–water partition coefficient (Wildman–Crippen LogP) is 4.97. The van der Waals surface area contributed by atoms with Crippen molar-refractivity contribution in [2.75, 3.05) is 97.5 Å². The summed E-state index contributed by atoms with van der Waals surface area (Å²) in [7, 11) is 6.64. The molecule has 6 aliphatic heterocycles. The van der Waals surface area contributed by atoms with E-state index in [0.29, 0.717) is 0 Å². The van der Waals surface area contributed by atoms with Crippen molar-refractivity contribution < 1.29 is 147 Å². The van der Waals surface area contributed by atoms with Crippen LogP contribution in [0.5, 0.6) is 0 Å². The molecule has 7 fully saturated rings. The molecule has 0 spiro atoms. The molecule has 117 heavy (non-hydrogen) atoms. The Labute approximate surface area is 686 Å². The van der Waals surface area contributed by atoms with E-state index in [1.807, 2.05) is 121 Å². The topological polar surface area (TPSA) is 333 Å². The Morgan fingerprint density at radius 3 is 1.23 bits per heavy atom. The van der Waals surface area contributed by atoms with E-state index >= 15 is 9.59 Å². The number of hydrogen-bond donors (Lipinski definition) is 0. The zero-order valence-electron chi connectivity index (χ0n) is 70.7. The number of carbonyl (C=O) groups excluding carboxylic acids is 6. The van der Waals surface area contributed by atoms with Crippen LogP contribution < -0.4 is 20.7 Å². The van der Waals surface area contributed by atoms with Crippen molar-refractivity contribution in [2.24, 2.45) is 5.92 Å². The Morgan fingerprint density at radius 1 is 0.402 bits per heavy atom. The van der Waals surface area contributed by atoms with Gasteiger partial charge in [-0.2, -0.15) is 0 Å². The van der Waals surface area contributed by atoms with E-state index in [-0.39, 0.29) is 26.1 Å². The number of methoxy groups -OCH3 is 10. The van der Waals surface area contributed by atoms with Crippen LogP contribution in [0.25, 0.3) is 0 Å². The molecule has 648 valence electrons. The highest BCUT2D eigenvalue weighted by Crippen LogP contribution is 2.49. The van der Waals surface area contributed by atoms with E-state index in [0.717, 1.165) is 41.7 Å². The van der Waals surface area contributed by atoms with Gasteiger partial charge in [0.2, 0.25) is 5.60 Å². The summed E-state index contributed by atoms with van der Waals surface area (Å²) in [6.07, 6.45) is -30.4. The largest absolute Gasteiger partial charge is 0.467 e. The predicted molar refractivity (Wildman–Crippen MR) is 421 cm³/mol. The standard InChI is InChI=1S/C84H118O31Si2/c1-22-83(79(89)99-20)73(108-57-43-52(44-101-48(2)85)60(91-12)64(93-14)61(57)92-13)67(95-16)69(97-18)77(114-83)112-63-59(46-104-117(82(9,10)11,55-39-31-25-32-40-55)56-41-33-26-34-42-56)110-76(72(107-51(5)88)66(63)105-49(3)86)113-74-68(96-17)70-78(115-84(74,47-102-70)80(90)100-21)111-62-58(109-75(98-19)71(65(62)94-15)106-50(4)87)45-103-116(81(6,7)8,53-35-27-23-28-36-53)54-37-29-24-30-38-54/h23-42,52,57-78H,22,43-47H2,1-21H3/t52?,57-,58?,59?,60-,61?,62-,63-,64+,65+,66+,67-,68?,69?,70-,71?,72?,73+,74+,75+,76+,77-,78-,83?,84?/m1/s1. The lowest BCUT2D eigenvalue weighted by atomic mass is 9.79. The summed E-state index contributed by atoms with van der Waals surface area (Å²) in [5, 5.41) is 2.40. The minimum absolute atomic E-state index is 0.0923. The highest BCUT2D eigenvalue weighted by Gasteiger charge is 2.70. The van der Waals surface area contributed by atoms with Gasteiger partial charge < -0.3 is 118 Å². The molecule has 31 nitrogen and oxygen atoms in total. The Morgan fingerprint density at radius 2 is 0.821 bits per heavy atom. The summed E-state index contributed by atoms with van der Waals surface area (Å²) in [5.41, 5.74) is -4.57. The number of benzene rings is 4. The summed E-state index contributed by atoms with van der Waals surface area (Å²) in [6, 6.07) is 39.3. The fourth-order valence-corrected chi connectivity index (χ4v) is 27.1. The van der Waals surface area contributed by atoms with Crippen LogP contribution in [0.1, 0.15) is 89.0 Å². The molecule has 33 heteroatoms. The second-order valence-corrected chi connectivity index (χ2v) is 40.5. The van der Waals surface area contributed by atoms with Gasteiger partial charge >= 0.3 is 35.8 Å². The third kappa shape index (κ3) is 18.7. The molecule has 4 aromatic rings. The number of rotatable bonds is 34. The summed E-state index contributed by atoms with van der Waals surface area (Å²) in [5.74, 6) is -5.59. The second kappa shape index (κ2) is 39.9. The minimum atomic E-state index is -3.67. The molecule has 4 aromatic carbocycles. The summed E-state index contributed by atoms with van der Waals surface area (Å²) < 4.78 is 164. The highest BCUT2D eigenvalue weighted by atomic mass is 28.4. The lowest BCUT2D eigenvalue weighted by Gasteiger charge is -2.57. The van der Waals surface area contributed by atoms with Crippen molar-refractivity contribution >= 4 is 73.2 Å². The first-order valence-electron chi connectivity index (χ1n) is 39.3. The van der Waals surface area contributed by atoms with Crippen molar-refractivity contribution in [3.63, 3.8) is 0 Å². The van der Waals surface area contributed by atoms with Crippen molar-refractivity contribution in [3.8, 4) is 0 Å². The fourth-order valence-electron chi connectivity index (χ4n) is 18.0. The quantitative estimate of drug-likeness (QED) is 0.0338. The molecule has 7 aliphatic rings. The van der Waals surface area contributed by atoms with Gasteiger partial charge in [0.05, 0.1) is 52.9 Å². The zero-order chi connectivity index (χ0) is 85.1. The summed E-state index contributed by atoms with van der Waals surface area (Å²) in [6.45, 7) is 17.7. The number of esters is 6. The monoisotopic (exact) mass is 1680 g/mol. The van der Waals surface area contributed by atoms with Crippen LogP contribution >= 0.6 is 0 Å². The number of ether oxygens (including phenoxy) is 23. The summed E-state index contributed by atoms with van der Waals surface area (Å²) >= 11 is 0. The first kappa shape index (κ1) is 92.7. The van der Waals surface area contributed by atoms with Crippen LogP contribution in [-0.4, -0.2) is 296 Å². The normalized spacial score (nSPS) is 33.4. The lowest BCUT2D eigenvalue weighted by Crippen LogP contribution is -2.78. The van der Waals surface area contributed by atoms with Crippen molar-refractivity contribution in [3.05, 3.63) is 121 Å². The Bertz CT molecular complexity index is 3800. The molecule has 0 radical (unpaired) electrons. The van der Waals surface area contributed by atoms with Crippen LogP contribution in [0.4, 0.5) is 0 Å². The first-order valence-corrected chi connectivity index (χ1v) is 43.1. The maximum Gasteiger partial charge on any atom is 0.343 e. The van der Waals surface area contributed by atoms with E-state index in [1.165, 1.54) is 77.8 Å². The first-order chi connectivity index (χ1) is 55.9. The van der Waals surface area contributed by atoms with Crippen LogP contribution in [0.15, 0.2) is 121 Å². The SMILES string of the molecule is CCC1(C(=O)OC)O[C@@H](O[C@@H]2C(CO[Si](c3ccccc3)(c3ccccc3)C(C)(C)C)O[C@@H](O[C@H]3C(OC)[C@H]4OCC3(C(=O)OC)O[C@H]4O[C@@H]3C(CO[Si](c4ccccc4)(c4ccccc4)C(C)(C)C)O[C@H](OC)C(OC(C)=O)[C@H]3OC)C(OC(C)=O)[C@H]2OC(C)=O)C(OC)[C@@H](OC)[C@@H]1O[C@@H]1CC(COC(C)=O)[C@@H](OC)[C@H](OC)C1OC. The average Bonchev–Trinajstić information content (AvgIpc) is 0.720. The average molecular weight is 1680 g/mol. The molecule has 0 N–H and O–H groups in total. The fraction of sp³-hybridized carbons (Fsp3) is 0.643. The third-order valence-corrected chi connectivity index (χ3v) is 33.1. The Hall–Kier alpha value is -6.63. The molecule has 1 saturated carbocycles. The maximum atomic E-state index is 15.3. The molecule has 6 saturated heterocycles. The van der Waals surface area contributed by atoms with Gasteiger partial charge in [0.25, 0.3) is 16.6 Å². The van der Waals surface area contributed by atoms with Crippen LogP contribution in [-0.2, 0) is 147 Å². The molecular formula is C84H118O31Si2. The van der Waals surface area contributed by atoms with Crippen LogP contribution in [0, 0.1) is 5.92 Å². The second-order valence-electron chi connectivity index (χ2n) is 31.9.